The Morgan fingerprint density at radius 2 is 1.90 bits per heavy atom. The van der Waals surface area contributed by atoms with E-state index >= 15 is 0 Å². The van der Waals surface area contributed by atoms with Gasteiger partial charge in [0.15, 0.2) is 0 Å². The normalized spacial score (nSPS) is 24.6. The van der Waals surface area contributed by atoms with Crippen molar-refractivity contribution < 1.29 is 9.53 Å². The highest BCUT2D eigenvalue weighted by Gasteiger charge is 2.39. The first-order chi connectivity index (χ1) is 8.96. The molecule has 118 valence electrons. The summed E-state index contributed by atoms with van der Waals surface area (Å²) in [5.41, 5.74) is 5.29. The van der Waals surface area contributed by atoms with Crippen molar-refractivity contribution in [1.29, 1.82) is 0 Å². The van der Waals surface area contributed by atoms with Gasteiger partial charge in [0.2, 0.25) is 0 Å². The number of carbonyl (C=O) groups excluding carboxylic acids is 1. The van der Waals surface area contributed by atoms with E-state index in [1.165, 1.54) is 0 Å². The minimum absolute atomic E-state index is 0.0314. The third kappa shape index (κ3) is 5.29. The van der Waals surface area contributed by atoms with E-state index in [0.29, 0.717) is 13.1 Å². The number of hydrogen-bond donors (Lipinski definition) is 2. The molecule has 1 amide bonds. The van der Waals surface area contributed by atoms with Crippen molar-refractivity contribution in [3.05, 3.63) is 0 Å². The Labute approximate surface area is 123 Å². The standard InChI is InChI=1S/C15H31N3O2/c1-13(2,3)17-15(10-16)8-7-9-18(11-15)12(19)20-14(4,5)6/h17H,7-11,16H2,1-6H3. The maximum atomic E-state index is 12.2. The summed E-state index contributed by atoms with van der Waals surface area (Å²) in [6.07, 6.45) is 1.69. The van der Waals surface area contributed by atoms with Gasteiger partial charge in [-0.15, -0.1) is 0 Å². The summed E-state index contributed by atoms with van der Waals surface area (Å²) < 4.78 is 5.46. The lowest BCUT2D eigenvalue weighted by atomic mass is 9.86. The van der Waals surface area contributed by atoms with Gasteiger partial charge in [-0.1, -0.05) is 0 Å². The first-order valence-corrected chi connectivity index (χ1v) is 7.44. The van der Waals surface area contributed by atoms with Crippen molar-refractivity contribution in [2.24, 2.45) is 5.73 Å². The molecule has 3 N–H and O–H groups in total. The van der Waals surface area contributed by atoms with Crippen LogP contribution < -0.4 is 11.1 Å². The number of piperidine rings is 1. The smallest absolute Gasteiger partial charge is 0.410 e. The molecular weight excluding hydrogens is 254 g/mol. The molecule has 5 heteroatoms. The highest BCUT2D eigenvalue weighted by molar-refractivity contribution is 5.68. The number of rotatable bonds is 2. The minimum atomic E-state index is -0.461. The number of ether oxygens (including phenoxy) is 1. The predicted octanol–water partition coefficient (Wildman–Crippen LogP) is 2.10. The zero-order chi connectivity index (χ0) is 15.6. The zero-order valence-electron chi connectivity index (χ0n) is 13.9. The van der Waals surface area contributed by atoms with Gasteiger partial charge < -0.3 is 20.7 Å². The van der Waals surface area contributed by atoms with Crippen molar-refractivity contribution >= 4 is 6.09 Å². The van der Waals surface area contributed by atoms with Gasteiger partial charge in [-0.05, 0) is 54.4 Å². The number of nitrogens with two attached hydrogens (primary N) is 1. The van der Waals surface area contributed by atoms with Gasteiger partial charge in [0.25, 0.3) is 0 Å². The maximum Gasteiger partial charge on any atom is 0.410 e. The SMILES string of the molecule is CC(C)(C)NC1(CN)CCCN(C(=O)OC(C)(C)C)C1. The lowest BCUT2D eigenvalue weighted by molar-refractivity contribution is 0.00903. The van der Waals surface area contributed by atoms with Gasteiger partial charge >= 0.3 is 6.09 Å². The maximum absolute atomic E-state index is 12.2. The van der Waals surface area contributed by atoms with E-state index in [2.05, 4.69) is 26.1 Å². The molecule has 1 heterocycles. The van der Waals surface area contributed by atoms with E-state index in [-0.39, 0.29) is 17.2 Å². The Kier molecular flexibility index (Phi) is 5.08. The van der Waals surface area contributed by atoms with Crippen LogP contribution >= 0.6 is 0 Å². The average molecular weight is 285 g/mol. The summed E-state index contributed by atoms with van der Waals surface area (Å²) in [5, 5.41) is 3.59. The Morgan fingerprint density at radius 3 is 2.35 bits per heavy atom. The summed E-state index contributed by atoms with van der Waals surface area (Å²) >= 11 is 0. The van der Waals surface area contributed by atoms with E-state index in [1.807, 2.05) is 20.8 Å². The van der Waals surface area contributed by atoms with Gasteiger partial charge in [0.1, 0.15) is 5.60 Å². The predicted molar refractivity (Wildman–Crippen MR) is 81.7 cm³/mol. The van der Waals surface area contributed by atoms with Crippen LogP contribution in [0.15, 0.2) is 0 Å². The molecule has 1 saturated heterocycles. The molecule has 0 aromatic heterocycles. The quantitative estimate of drug-likeness (QED) is 0.815. The second-order valence-corrected chi connectivity index (χ2v) is 7.86. The second-order valence-electron chi connectivity index (χ2n) is 7.86. The van der Waals surface area contributed by atoms with Crippen LogP contribution in [-0.4, -0.2) is 47.3 Å². The van der Waals surface area contributed by atoms with Crippen LogP contribution in [-0.2, 0) is 4.74 Å². The van der Waals surface area contributed by atoms with Crippen LogP contribution in [0.1, 0.15) is 54.4 Å². The third-order valence-electron chi connectivity index (χ3n) is 3.26. The van der Waals surface area contributed by atoms with Crippen molar-refractivity contribution in [1.82, 2.24) is 10.2 Å². The summed E-state index contributed by atoms with van der Waals surface area (Å²) in [7, 11) is 0. The molecule has 0 aliphatic carbocycles. The molecule has 0 radical (unpaired) electrons. The zero-order valence-corrected chi connectivity index (χ0v) is 13.9. The first kappa shape index (κ1) is 17.2. The van der Waals surface area contributed by atoms with Crippen molar-refractivity contribution in [3.63, 3.8) is 0 Å². The van der Waals surface area contributed by atoms with E-state index < -0.39 is 5.60 Å². The molecule has 1 aliphatic heterocycles. The number of hydrogen-bond acceptors (Lipinski definition) is 4. The van der Waals surface area contributed by atoms with Crippen molar-refractivity contribution in [2.75, 3.05) is 19.6 Å². The van der Waals surface area contributed by atoms with Crippen molar-refractivity contribution in [2.45, 2.75) is 71.1 Å². The molecular formula is C15H31N3O2. The fourth-order valence-corrected chi connectivity index (χ4v) is 2.73. The van der Waals surface area contributed by atoms with Crippen molar-refractivity contribution in [3.8, 4) is 0 Å². The molecule has 5 nitrogen and oxygen atoms in total. The molecule has 20 heavy (non-hydrogen) atoms. The van der Waals surface area contributed by atoms with Gasteiger partial charge in [-0.3, -0.25) is 0 Å². The monoisotopic (exact) mass is 285 g/mol. The summed E-state index contributed by atoms with van der Waals surface area (Å²) in [6.45, 7) is 13.9. The number of amides is 1. The highest BCUT2D eigenvalue weighted by atomic mass is 16.6. The van der Waals surface area contributed by atoms with E-state index in [4.69, 9.17) is 10.5 Å². The second kappa shape index (κ2) is 5.90. The summed E-state index contributed by atoms with van der Waals surface area (Å²) in [6, 6.07) is 0. The Morgan fingerprint density at radius 1 is 1.30 bits per heavy atom. The van der Waals surface area contributed by atoms with Gasteiger partial charge in [0, 0.05) is 30.7 Å². The van der Waals surface area contributed by atoms with Crippen LogP contribution in [0.4, 0.5) is 4.79 Å². The fourth-order valence-electron chi connectivity index (χ4n) is 2.73. The molecule has 1 atom stereocenters. The summed E-state index contributed by atoms with van der Waals surface area (Å²) in [5.74, 6) is 0. The number of nitrogens with one attached hydrogen (secondary N) is 1. The largest absolute Gasteiger partial charge is 0.444 e. The highest BCUT2D eigenvalue weighted by Crippen LogP contribution is 2.24. The number of nitrogens with zero attached hydrogens (tertiary/aromatic N) is 1. The first-order valence-electron chi connectivity index (χ1n) is 7.44. The van der Waals surface area contributed by atoms with Gasteiger partial charge in [0.05, 0.1) is 0 Å². The number of carbonyl (C=O) groups is 1. The summed E-state index contributed by atoms with van der Waals surface area (Å²) in [4.78, 5) is 14.0. The molecule has 1 aliphatic rings. The average Bonchev–Trinajstić information content (AvgIpc) is 2.24. The fraction of sp³-hybridized carbons (Fsp3) is 0.933. The molecule has 1 fully saturated rings. The lowest BCUT2D eigenvalue weighted by Crippen LogP contribution is -2.66. The van der Waals surface area contributed by atoms with E-state index in [1.54, 1.807) is 4.90 Å². The van der Waals surface area contributed by atoms with Gasteiger partial charge in [-0.25, -0.2) is 4.79 Å². The molecule has 0 aromatic carbocycles. The minimum Gasteiger partial charge on any atom is -0.444 e. The molecule has 1 unspecified atom stereocenters. The topological polar surface area (TPSA) is 67.6 Å². The van der Waals surface area contributed by atoms with Crippen LogP contribution in [0.5, 0.6) is 0 Å². The van der Waals surface area contributed by atoms with E-state index in [0.717, 1.165) is 19.4 Å². The third-order valence-corrected chi connectivity index (χ3v) is 3.26. The lowest BCUT2D eigenvalue weighted by Gasteiger charge is -2.46. The molecule has 0 aromatic rings. The Bertz CT molecular complexity index is 344. The Hall–Kier alpha value is -0.810. The Balaban J connectivity index is 2.76. The molecule has 0 saturated carbocycles. The van der Waals surface area contributed by atoms with Crippen LogP contribution in [0.25, 0.3) is 0 Å². The van der Waals surface area contributed by atoms with Crippen LogP contribution in [0.3, 0.4) is 0 Å². The van der Waals surface area contributed by atoms with Gasteiger partial charge in [-0.2, -0.15) is 0 Å². The van der Waals surface area contributed by atoms with E-state index in [9.17, 15) is 4.79 Å². The molecule has 1 rings (SSSR count). The number of likely N-dealkylation sites (tertiary alicyclic amines) is 1. The molecule has 0 bridgehead atoms. The molecule has 0 spiro atoms. The van der Waals surface area contributed by atoms with Crippen LogP contribution in [0.2, 0.25) is 0 Å². The van der Waals surface area contributed by atoms with Crippen LogP contribution in [0, 0.1) is 0 Å².